The maximum Gasteiger partial charge on any atom is 0.573 e. The zero-order chi connectivity index (χ0) is 32.3. The Labute approximate surface area is 251 Å². The third kappa shape index (κ3) is 5.93. The quantitative estimate of drug-likeness (QED) is 0.238. The van der Waals surface area contributed by atoms with Crippen LogP contribution in [0.5, 0.6) is 5.75 Å². The molecule has 0 aliphatic heterocycles. The van der Waals surface area contributed by atoms with E-state index < -0.39 is 64.4 Å². The monoisotopic (exact) mass is 644 g/mol. The number of allylic oxidation sites excluding steroid dienone is 1. The van der Waals surface area contributed by atoms with E-state index in [-0.39, 0.29) is 54.2 Å². The van der Waals surface area contributed by atoms with E-state index >= 15 is 17.6 Å². The second-order valence-corrected chi connectivity index (χ2v) is 12.0. The first-order chi connectivity index (χ1) is 21.2. The molecule has 0 spiro atoms. The van der Waals surface area contributed by atoms with Crippen LogP contribution < -0.4 is 4.74 Å². The average molecular weight is 645 g/mol. The van der Waals surface area contributed by atoms with Crippen LogP contribution in [0.4, 0.5) is 43.9 Å². The van der Waals surface area contributed by atoms with Gasteiger partial charge in [-0.05, 0) is 104 Å². The van der Waals surface area contributed by atoms with E-state index in [2.05, 4.69) is 4.74 Å². The van der Waals surface area contributed by atoms with Crippen LogP contribution in [0.1, 0.15) is 56.4 Å². The standard InChI is InChI=1S/C33H26F10O2/c34-25-12-19(18-1-5-22(6-2-18)44-32(39,40)31-10-9-17(16-31)11-29(31)38)3-7-23(25)20-4-8-24(26(35)13-20)21-14-27(36)30(28(37)15-21)45-33(41,42)43/h3-4,7-8,11-15,17-18,22H,1-2,5-6,9-10,16H2/t17?,18?,22?,31-/m1/s1. The van der Waals surface area contributed by atoms with Gasteiger partial charge in [-0.3, -0.25) is 0 Å². The maximum absolute atomic E-state index is 15.2. The highest BCUT2D eigenvalue weighted by atomic mass is 19.4. The second kappa shape index (κ2) is 11.4. The molecule has 3 aliphatic rings. The average Bonchev–Trinajstić information content (AvgIpc) is 3.54. The summed E-state index contributed by atoms with van der Waals surface area (Å²) in [5.74, 6) is -7.86. The van der Waals surface area contributed by atoms with Crippen LogP contribution in [-0.2, 0) is 4.74 Å². The first kappa shape index (κ1) is 31.4. The number of benzene rings is 3. The summed E-state index contributed by atoms with van der Waals surface area (Å²) in [7, 11) is 0. The Morgan fingerprint density at radius 2 is 1.27 bits per heavy atom. The molecule has 0 heterocycles. The number of rotatable bonds is 7. The fourth-order valence-corrected chi connectivity index (χ4v) is 6.91. The molecule has 0 radical (unpaired) electrons. The first-order valence-corrected chi connectivity index (χ1v) is 14.4. The molecule has 0 saturated heterocycles. The van der Waals surface area contributed by atoms with Gasteiger partial charge in [-0.15, -0.1) is 13.2 Å². The summed E-state index contributed by atoms with van der Waals surface area (Å²) in [6.07, 6.45) is -6.40. The summed E-state index contributed by atoms with van der Waals surface area (Å²) in [5, 5.41) is 0. The fraction of sp³-hybridized carbons (Fsp3) is 0.394. The minimum atomic E-state index is -5.34. The topological polar surface area (TPSA) is 18.5 Å². The summed E-state index contributed by atoms with van der Waals surface area (Å²) < 4.78 is 149. The van der Waals surface area contributed by atoms with Crippen LogP contribution in [0.25, 0.3) is 22.3 Å². The maximum atomic E-state index is 15.2. The summed E-state index contributed by atoms with van der Waals surface area (Å²) in [5.41, 5.74) is -1.88. The van der Waals surface area contributed by atoms with Gasteiger partial charge in [0, 0.05) is 11.1 Å². The molecule has 3 aliphatic carbocycles. The predicted molar refractivity (Wildman–Crippen MR) is 144 cm³/mol. The molecule has 2 bridgehead atoms. The Bertz CT molecular complexity index is 1620. The van der Waals surface area contributed by atoms with Crippen molar-refractivity contribution in [3.05, 3.63) is 89.3 Å². The van der Waals surface area contributed by atoms with E-state index in [1.807, 2.05) is 0 Å². The lowest BCUT2D eigenvalue weighted by Gasteiger charge is -2.38. The van der Waals surface area contributed by atoms with Gasteiger partial charge in [0.05, 0.1) is 6.10 Å². The molecule has 3 aromatic rings. The van der Waals surface area contributed by atoms with Crippen molar-refractivity contribution in [2.45, 2.75) is 69.4 Å². The Hall–Kier alpha value is -3.54. The van der Waals surface area contributed by atoms with E-state index in [1.54, 1.807) is 6.07 Å². The van der Waals surface area contributed by atoms with Gasteiger partial charge in [-0.1, -0.05) is 24.3 Å². The highest BCUT2D eigenvalue weighted by Crippen LogP contribution is 2.62. The lowest BCUT2D eigenvalue weighted by atomic mass is 9.81. The number of halogens is 10. The van der Waals surface area contributed by atoms with Gasteiger partial charge in [0.15, 0.2) is 11.6 Å². The van der Waals surface area contributed by atoms with Crippen LogP contribution in [0.2, 0.25) is 0 Å². The van der Waals surface area contributed by atoms with Gasteiger partial charge in [-0.25, -0.2) is 22.0 Å². The Balaban J connectivity index is 1.12. The summed E-state index contributed by atoms with van der Waals surface area (Å²) in [6.45, 7) is 0. The molecule has 2 nitrogen and oxygen atoms in total. The summed E-state index contributed by atoms with van der Waals surface area (Å²) in [4.78, 5) is 0. The highest BCUT2D eigenvalue weighted by Gasteiger charge is 2.64. The van der Waals surface area contributed by atoms with Crippen LogP contribution in [0.3, 0.4) is 0 Å². The van der Waals surface area contributed by atoms with Gasteiger partial charge in [-0.2, -0.15) is 8.78 Å². The molecule has 0 aromatic heterocycles. The van der Waals surface area contributed by atoms with Gasteiger partial charge >= 0.3 is 12.5 Å². The minimum Gasteiger partial charge on any atom is -0.399 e. The van der Waals surface area contributed by atoms with Gasteiger partial charge in [0.1, 0.15) is 22.9 Å². The predicted octanol–water partition coefficient (Wildman–Crippen LogP) is 10.8. The molecular formula is C33H26F10O2. The van der Waals surface area contributed by atoms with Gasteiger partial charge < -0.3 is 9.47 Å². The lowest BCUT2D eigenvalue weighted by molar-refractivity contribution is -0.321. The molecule has 2 atom stereocenters. The molecule has 0 N–H and O–H groups in total. The van der Waals surface area contributed by atoms with E-state index in [0.717, 1.165) is 12.1 Å². The van der Waals surface area contributed by atoms with Crippen LogP contribution in [0.15, 0.2) is 60.4 Å². The summed E-state index contributed by atoms with van der Waals surface area (Å²) >= 11 is 0. The Morgan fingerprint density at radius 3 is 1.82 bits per heavy atom. The number of ether oxygens (including phenoxy) is 2. The molecule has 2 saturated carbocycles. The number of hydrogen-bond acceptors (Lipinski definition) is 2. The molecule has 12 heteroatoms. The van der Waals surface area contributed by atoms with Crippen molar-refractivity contribution < 1.29 is 53.4 Å². The van der Waals surface area contributed by atoms with E-state index in [4.69, 9.17) is 4.74 Å². The van der Waals surface area contributed by atoms with Gasteiger partial charge in [0.2, 0.25) is 5.75 Å². The van der Waals surface area contributed by atoms with Crippen molar-refractivity contribution in [3.63, 3.8) is 0 Å². The normalized spacial score (nSPS) is 25.0. The lowest BCUT2D eigenvalue weighted by Crippen LogP contribution is -2.44. The fourth-order valence-electron chi connectivity index (χ4n) is 6.91. The molecule has 0 amide bonds. The Morgan fingerprint density at radius 1 is 0.667 bits per heavy atom. The Kier molecular flexibility index (Phi) is 7.94. The van der Waals surface area contributed by atoms with Crippen LogP contribution in [-0.4, -0.2) is 18.6 Å². The molecular weight excluding hydrogens is 618 g/mol. The van der Waals surface area contributed by atoms with Crippen molar-refractivity contribution in [3.8, 4) is 28.0 Å². The first-order valence-electron chi connectivity index (χ1n) is 14.4. The van der Waals surface area contributed by atoms with Crippen molar-refractivity contribution in [2.75, 3.05) is 0 Å². The smallest absolute Gasteiger partial charge is 0.399 e. The number of hydrogen-bond donors (Lipinski definition) is 0. The van der Waals surface area contributed by atoms with Crippen molar-refractivity contribution in [1.82, 2.24) is 0 Å². The zero-order valence-electron chi connectivity index (χ0n) is 23.5. The van der Waals surface area contributed by atoms with E-state index in [9.17, 15) is 26.3 Å². The van der Waals surface area contributed by atoms with E-state index in [1.165, 1.54) is 24.3 Å². The minimum absolute atomic E-state index is 0.0212. The molecule has 3 aromatic carbocycles. The largest absolute Gasteiger partial charge is 0.573 e. The molecule has 45 heavy (non-hydrogen) atoms. The van der Waals surface area contributed by atoms with Gasteiger partial charge in [0.25, 0.3) is 0 Å². The molecule has 1 unspecified atom stereocenters. The third-order valence-corrected chi connectivity index (χ3v) is 9.21. The third-order valence-electron chi connectivity index (χ3n) is 9.21. The van der Waals surface area contributed by atoms with Crippen molar-refractivity contribution in [1.29, 1.82) is 0 Å². The number of fused-ring (bicyclic) bond motifs is 2. The van der Waals surface area contributed by atoms with Crippen molar-refractivity contribution in [2.24, 2.45) is 11.3 Å². The SMILES string of the molecule is FC1=CC2CC[C@@]1(C(F)(F)OC1CCC(c3ccc(-c4ccc(-c5cc(F)c(OC(F)(F)F)c(F)c5)c(F)c4)c(F)c3)CC1)C2. The summed E-state index contributed by atoms with van der Waals surface area (Å²) in [6, 6.07) is 8.69. The molecule has 6 rings (SSSR count). The zero-order valence-corrected chi connectivity index (χ0v) is 23.5. The van der Waals surface area contributed by atoms with Crippen LogP contribution in [0, 0.1) is 34.6 Å². The number of alkyl halides is 5. The van der Waals surface area contributed by atoms with E-state index in [0.29, 0.717) is 37.0 Å². The molecule has 2 fully saturated rings. The van der Waals surface area contributed by atoms with Crippen molar-refractivity contribution >= 4 is 0 Å². The second-order valence-electron chi connectivity index (χ2n) is 12.0. The highest BCUT2D eigenvalue weighted by molar-refractivity contribution is 5.72. The van der Waals surface area contributed by atoms with Crippen LogP contribution >= 0.6 is 0 Å². The molecule has 240 valence electrons.